The minimum atomic E-state index is -0.000157. The Hall–Kier alpha value is -1.32. The maximum atomic E-state index is 11.6. The second kappa shape index (κ2) is 4.90. The lowest BCUT2D eigenvalue weighted by Crippen LogP contribution is -2.19. The third kappa shape index (κ3) is 2.68. The third-order valence-corrected chi connectivity index (χ3v) is 3.45. The second-order valence-electron chi connectivity index (χ2n) is 5.20. The molecule has 1 heterocycles. The highest BCUT2D eigenvalue weighted by Gasteiger charge is 2.21. The number of carbonyl (C=O) groups excluding carboxylic acids is 1. The molecule has 4 heteroatoms. The summed E-state index contributed by atoms with van der Waals surface area (Å²) < 4.78 is 1.77. The van der Waals surface area contributed by atoms with E-state index in [4.69, 9.17) is 0 Å². The minimum absolute atomic E-state index is 0.000157. The highest BCUT2D eigenvalue weighted by atomic mass is 16.1. The first kappa shape index (κ1) is 12.1. The number of aromatic nitrogens is 2. The van der Waals surface area contributed by atoms with Crippen LogP contribution in [0.15, 0.2) is 6.07 Å². The molecule has 0 saturated heterocycles. The number of hydrogen-bond acceptors (Lipinski definition) is 2. The topological polar surface area (TPSA) is 46.9 Å². The van der Waals surface area contributed by atoms with Gasteiger partial charge in [-0.15, -0.1) is 0 Å². The van der Waals surface area contributed by atoms with Crippen LogP contribution in [0.25, 0.3) is 0 Å². The first-order chi connectivity index (χ1) is 8.08. The Bertz CT molecular complexity index is 403. The molecule has 0 spiro atoms. The van der Waals surface area contributed by atoms with Gasteiger partial charge in [-0.05, 0) is 12.8 Å². The molecule has 1 aliphatic rings. The summed E-state index contributed by atoms with van der Waals surface area (Å²) in [5.74, 6) is 1.45. The Balaban J connectivity index is 2.10. The molecular weight excluding hydrogens is 214 g/mol. The highest BCUT2D eigenvalue weighted by Crippen LogP contribution is 2.34. The molecule has 2 rings (SSSR count). The summed E-state index contributed by atoms with van der Waals surface area (Å²) in [7, 11) is 1.88. The molecule has 1 fully saturated rings. The summed E-state index contributed by atoms with van der Waals surface area (Å²) in [6, 6.07) is 2.02. The van der Waals surface area contributed by atoms with Crippen molar-refractivity contribution in [1.29, 1.82) is 0 Å². The van der Waals surface area contributed by atoms with Gasteiger partial charge in [0.25, 0.3) is 0 Å². The van der Waals surface area contributed by atoms with E-state index in [0.29, 0.717) is 5.92 Å². The summed E-state index contributed by atoms with van der Waals surface area (Å²) in [5.41, 5.74) is 1.13. The molecule has 0 aliphatic heterocycles. The molecule has 1 aliphatic carbocycles. The molecule has 0 radical (unpaired) electrons. The quantitative estimate of drug-likeness (QED) is 0.875. The van der Waals surface area contributed by atoms with Crippen molar-refractivity contribution in [3.05, 3.63) is 11.8 Å². The Morgan fingerprint density at radius 3 is 2.71 bits per heavy atom. The van der Waals surface area contributed by atoms with Gasteiger partial charge >= 0.3 is 0 Å². The zero-order valence-corrected chi connectivity index (χ0v) is 10.9. The number of carbonyl (C=O) groups is 1. The van der Waals surface area contributed by atoms with Crippen LogP contribution >= 0.6 is 0 Å². The number of nitrogens with zero attached hydrogens (tertiary/aromatic N) is 2. The van der Waals surface area contributed by atoms with Gasteiger partial charge in [-0.25, -0.2) is 0 Å². The van der Waals surface area contributed by atoms with Gasteiger partial charge < -0.3 is 5.32 Å². The first-order valence-corrected chi connectivity index (χ1v) is 6.42. The zero-order valence-electron chi connectivity index (χ0n) is 10.9. The van der Waals surface area contributed by atoms with Crippen LogP contribution in [-0.2, 0) is 11.8 Å². The predicted octanol–water partition coefficient (Wildman–Crippen LogP) is 2.67. The van der Waals surface area contributed by atoms with Crippen molar-refractivity contribution in [2.75, 3.05) is 5.32 Å². The second-order valence-corrected chi connectivity index (χ2v) is 5.20. The third-order valence-electron chi connectivity index (χ3n) is 3.45. The van der Waals surface area contributed by atoms with E-state index in [1.165, 1.54) is 25.7 Å². The Morgan fingerprint density at radius 1 is 1.47 bits per heavy atom. The smallest absolute Gasteiger partial charge is 0.228 e. The van der Waals surface area contributed by atoms with E-state index in [-0.39, 0.29) is 11.8 Å². The monoisotopic (exact) mass is 235 g/mol. The fraction of sp³-hybridized carbons (Fsp3) is 0.692. The van der Waals surface area contributed by atoms with E-state index in [1.54, 1.807) is 4.68 Å². The van der Waals surface area contributed by atoms with Crippen LogP contribution in [0.1, 0.15) is 51.1 Å². The molecule has 1 aromatic heterocycles. The average Bonchev–Trinajstić information content (AvgIpc) is 2.88. The molecule has 1 aromatic rings. The SMILES string of the molecule is CC(C)C(=O)Nc1cc(C2CCCC2)nn1C. The summed E-state index contributed by atoms with van der Waals surface area (Å²) in [6.07, 6.45) is 5.06. The fourth-order valence-electron chi connectivity index (χ4n) is 2.30. The molecule has 1 saturated carbocycles. The van der Waals surface area contributed by atoms with Crippen LogP contribution in [-0.4, -0.2) is 15.7 Å². The lowest BCUT2D eigenvalue weighted by atomic mass is 10.0. The molecule has 94 valence electrons. The van der Waals surface area contributed by atoms with Gasteiger partial charge in [0.05, 0.1) is 5.69 Å². The van der Waals surface area contributed by atoms with E-state index in [2.05, 4.69) is 10.4 Å². The van der Waals surface area contributed by atoms with Gasteiger partial charge in [0.15, 0.2) is 0 Å². The maximum Gasteiger partial charge on any atom is 0.228 e. The number of aryl methyl sites for hydroxylation is 1. The number of rotatable bonds is 3. The van der Waals surface area contributed by atoms with Gasteiger partial charge in [0, 0.05) is 24.9 Å². The Kier molecular flexibility index (Phi) is 3.50. The lowest BCUT2D eigenvalue weighted by molar-refractivity contribution is -0.118. The van der Waals surface area contributed by atoms with Gasteiger partial charge in [-0.2, -0.15) is 5.10 Å². The van der Waals surface area contributed by atoms with Crippen LogP contribution in [0.4, 0.5) is 5.82 Å². The number of hydrogen-bond donors (Lipinski definition) is 1. The van der Waals surface area contributed by atoms with Crippen LogP contribution < -0.4 is 5.32 Å². The van der Waals surface area contributed by atoms with Crippen molar-refractivity contribution < 1.29 is 4.79 Å². The molecule has 1 amide bonds. The van der Waals surface area contributed by atoms with Crippen molar-refractivity contribution in [2.45, 2.75) is 45.4 Å². The predicted molar refractivity (Wildman–Crippen MR) is 67.9 cm³/mol. The number of amides is 1. The molecule has 0 aromatic carbocycles. The lowest BCUT2D eigenvalue weighted by Gasteiger charge is -2.06. The van der Waals surface area contributed by atoms with Gasteiger partial charge in [0.2, 0.25) is 5.91 Å². The van der Waals surface area contributed by atoms with Gasteiger partial charge in [-0.3, -0.25) is 9.48 Å². The van der Waals surface area contributed by atoms with Crippen molar-refractivity contribution in [1.82, 2.24) is 9.78 Å². The molecule has 1 N–H and O–H groups in total. The fourth-order valence-corrected chi connectivity index (χ4v) is 2.30. The highest BCUT2D eigenvalue weighted by molar-refractivity contribution is 5.91. The molecule has 0 unspecified atom stereocenters. The molecule has 17 heavy (non-hydrogen) atoms. The van der Waals surface area contributed by atoms with Crippen LogP contribution in [0.5, 0.6) is 0 Å². The normalized spacial score (nSPS) is 16.7. The minimum Gasteiger partial charge on any atom is -0.311 e. The standard InChI is InChI=1S/C13H21N3O/c1-9(2)13(17)14-12-8-11(15-16(12)3)10-6-4-5-7-10/h8-10H,4-7H2,1-3H3,(H,14,17). The van der Waals surface area contributed by atoms with E-state index < -0.39 is 0 Å². The van der Waals surface area contributed by atoms with Crippen LogP contribution in [0.3, 0.4) is 0 Å². The zero-order chi connectivity index (χ0) is 12.4. The molecule has 0 atom stereocenters. The van der Waals surface area contributed by atoms with Crippen molar-refractivity contribution >= 4 is 11.7 Å². The summed E-state index contributed by atoms with van der Waals surface area (Å²) in [5, 5.41) is 7.42. The summed E-state index contributed by atoms with van der Waals surface area (Å²) >= 11 is 0. The van der Waals surface area contributed by atoms with Crippen molar-refractivity contribution in [3.8, 4) is 0 Å². The van der Waals surface area contributed by atoms with Crippen LogP contribution in [0, 0.1) is 5.92 Å². The van der Waals surface area contributed by atoms with E-state index in [0.717, 1.165) is 11.5 Å². The van der Waals surface area contributed by atoms with Crippen LogP contribution in [0.2, 0.25) is 0 Å². The van der Waals surface area contributed by atoms with E-state index >= 15 is 0 Å². The van der Waals surface area contributed by atoms with E-state index in [1.807, 2.05) is 27.0 Å². The van der Waals surface area contributed by atoms with Gasteiger partial charge in [-0.1, -0.05) is 26.7 Å². The maximum absolute atomic E-state index is 11.6. The molecule has 0 bridgehead atoms. The van der Waals surface area contributed by atoms with Crippen molar-refractivity contribution in [2.24, 2.45) is 13.0 Å². The summed E-state index contributed by atoms with van der Waals surface area (Å²) in [6.45, 7) is 3.78. The number of anilines is 1. The largest absolute Gasteiger partial charge is 0.311 e. The number of nitrogens with one attached hydrogen (secondary N) is 1. The van der Waals surface area contributed by atoms with E-state index in [9.17, 15) is 4.79 Å². The molecule has 4 nitrogen and oxygen atoms in total. The van der Waals surface area contributed by atoms with Crippen molar-refractivity contribution in [3.63, 3.8) is 0 Å². The molecular formula is C13H21N3O. The summed E-state index contributed by atoms with van der Waals surface area (Å²) in [4.78, 5) is 11.6. The average molecular weight is 235 g/mol. The Labute approximate surface area is 102 Å². The van der Waals surface area contributed by atoms with Gasteiger partial charge in [0.1, 0.15) is 5.82 Å². The Morgan fingerprint density at radius 2 is 2.12 bits per heavy atom. The first-order valence-electron chi connectivity index (χ1n) is 6.42.